The fraction of sp³-hybridized carbons (Fsp3) is 0.829. The Bertz CT molecular complexity index is 658. The average molecular weight is 563 g/mol. The maximum atomic E-state index is 6.66. The molecular formula is C35H66O3Si. The van der Waals surface area contributed by atoms with Crippen LogP contribution in [0.2, 0.25) is 5.54 Å². The SMILES string of the molecule is CCCCCCCCCCCCCCCCOCC(OCc1ccccc1)C(O[SiH2]C(C)C(C)(C)C)C(C)C. The predicted octanol–water partition coefficient (Wildman–Crippen LogP) is 10.0. The van der Waals surface area contributed by atoms with Crippen LogP contribution in [0.5, 0.6) is 0 Å². The van der Waals surface area contributed by atoms with Gasteiger partial charge in [-0.05, 0) is 28.9 Å². The van der Waals surface area contributed by atoms with E-state index in [4.69, 9.17) is 13.9 Å². The maximum absolute atomic E-state index is 6.66. The average Bonchev–Trinajstić information content (AvgIpc) is 2.90. The molecule has 0 N–H and O–H groups in total. The number of rotatable bonds is 25. The van der Waals surface area contributed by atoms with Crippen molar-refractivity contribution < 1.29 is 13.9 Å². The first-order chi connectivity index (χ1) is 18.8. The van der Waals surface area contributed by atoms with Gasteiger partial charge in [0.05, 0.1) is 19.3 Å². The summed E-state index contributed by atoms with van der Waals surface area (Å²) in [6.07, 6.45) is 19.4. The molecule has 1 rings (SSSR count). The summed E-state index contributed by atoms with van der Waals surface area (Å²) in [5.41, 5.74) is 2.11. The van der Waals surface area contributed by atoms with E-state index in [9.17, 15) is 0 Å². The van der Waals surface area contributed by atoms with Crippen LogP contribution in [0.25, 0.3) is 0 Å². The molecule has 0 amide bonds. The monoisotopic (exact) mass is 562 g/mol. The zero-order valence-corrected chi connectivity index (χ0v) is 28.6. The van der Waals surface area contributed by atoms with Crippen LogP contribution in [0.3, 0.4) is 0 Å². The van der Waals surface area contributed by atoms with Gasteiger partial charge in [0.25, 0.3) is 0 Å². The van der Waals surface area contributed by atoms with E-state index >= 15 is 0 Å². The normalized spacial score (nSPS) is 14.9. The Balaban J connectivity index is 2.31. The van der Waals surface area contributed by atoms with Gasteiger partial charge in [0.15, 0.2) is 9.76 Å². The zero-order chi connectivity index (χ0) is 28.8. The summed E-state index contributed by atoms with van der Waals surface area (Å²) < 4.78 is 19.3. The minimum Gasteiger partial charge on any atom is -0.418 e. The van der Waals surface area contributed by atoms with E-state index in [-0.39, 0.29) is 12.2 Å². The minimum absolute atomic E-state index is 0.0310. The van der Waals surface area contributed by atoms with Crippen LogP contribution in [-0.2, 0) is 20.5 Å². The maximum Gasteiger partial charge on any atom is 0.165 e. The van der Waals surface area contributed by atoms with Crippen LogP contribution in [0.4, 0.5) is 0 Å². The Hall–Kier alpha value is -0.683. The van der Waals surface area contributed by atoms with Crippen molar-refractivity contribution >= 4 is 9.76 Å². The highest BCUT2D eigenvalue weighted by atomic mass is 28.2. The molecule has 3 nitrogen and oxygen atoms in total. The molecule has 0 heterocycles. The lowest BCUT2D eigenvalue weighted by molar-refractivity contribution is -0.0911. The fourth-order valence-electron chi connectivity index (χ4n) is 4.85. The van der Waals surface area contributed by atoms with Gasteiger partial charge < -0.3 is 13.9 Å². The van der Waals surface area contributed by atoms with Crippen molar-refractivity contribution in [3.63, 3.8) is 0 Å². The Labute approximate surface area is 246 Å². The lowest BCUT2D eigenvalue weighted by Crippen LogP contribution is -2.41. The Morgan fingerprint density at radius 2 is 1.23 bits per heavy atom. The molecule has 0 aliphatic carbocycles. The van der Waals surface area contributed by atoms with E-state index < -0.39 is 9.76 Å². The Morgan fingerprint density at radius 1 is 0.718 bits per heavy atom. The van der Waals surface area contributed by atoms with Gasteiger partial charge in [0, 0.05) is 6.61 Å². The van der Waals surface area contributed by atoms with E-state index in [1.54, 1.807) is 0 Å². The van der Waals surface area contributed by atoms with Crippen LogP contribution in [0.15, 0.2) is 30.3 Å². The van der Waals surface area contributed by atoms with Crippen molar-refractivity contribution in [3.05, 3.63) is 35.9 Å². The summed E-state index contributed by atoms with van der Waals surface area (Å²) in [5, 5.41) is 0. The molecule has 39 heavy (non-hydrogen) atoms. The molecule has 0 saturated heterocycles. The van der Waals surface area contributed by atoms with Crippen LogP contribution in [0.1, 0.15) is 144 Å². The van der Waals surface area contributed by atoms with Gasteiger partial charge in [-0.1, -0.05) is 162 Å². The molecule has 0 saturated carbocycles. The number of benzene rings is 1. The molecule has 0 radical (unpaired) electrons. The van der Waals surface area contributed by atoms with Crippen LogP contribution in [-0.4, -0.2) is 35.2 Å². The van der Waals surface area contributed by atoms with Gasteiger partial charge in [0.1, 0.15) is 6.10 Å². The molecule has 228 valence electrons. The highest BCUT2D eigenvalue weighted by molar-refractivity contribution is 6.29. The second-order valence-corrected chi connectivity index (χ2v) is 15.2. The van der Waals surface area contributed by atoms with Gasteiger partial charge in [-0.25, -0.2) is 0 Å². The predicted molar refractivity (Wildman–Crippen MR) is 173 cm³/mol. The molecule has 4 heteroatoms. The second kappa shape index (κ2) is 22.9. The van der Waals surface area contributed by atoms with Gasteiger partial charge in [0.2, 0.25) is 0 Å². The standard InChI is InChI=1S/C35H66O3Si/c1-8-9-10-11-12-13-14-15-16-17-18-19-20-24-27-36-29-33(37-28-32-25-22-21-23-26-32)34(30(2)3)38-39-31(4)35(5,6)7/h21-23,25-26,30-31,33-34H,8-20,24,27-29,39H2,1-7H3. The summed E-state index contributed by atoms with van der Waals surface area (Å²) in [7, 11) is -0.674. The molecule has 0 spiro atoms. The third-order valence-corrected chi connectivity index (χ3v) is 10.6. The summed E-state index contributed by atoms with van der Waals surface area (Å²) in [4.78, 5) is 0. The molecule has 0 aromatic heterocycles. The molecule has 0 bridgehead atoms. The van der Waals surface area contributed by atoms with Crippen molar-refractivity contribution in [2.75, 3.05) is 13.2 Å². The minimum atomic E-state index is -0.674. The van der Waals surface area contributed by atoms with Crippen molar-refractivity contribution in [3.8, 4) is 0 Å². The number of hydrogen-bond acceptors (Lipinski definition) is 3. The third kappa shape index (κ3) is 19.1. The van der Waals surface area contributed by atoms with E-state index in [0.29, 0.717) is 30.1 Å². The largest absolute Gasteiger partial charge is 0.418 e. The molecule has 1 aromatic carbocycles. The Morgan fingerprint density at radius 3 is 1.72 bits per heavy atom. The second-order valence-electron chi connectivity index (χ2n) is 13.3. The quantitative estimate of drug-likeness (QED) is 0.0876. The van der Waals surface area contributed by atoms with E-state index in [1.807, 2.05) is 0 Å². The highest BCUT2D eigenvalue weighted by Gasteiger charge is 2.29. The van der Waals surface area contributed by atoms with Crippen LogP contribution in [0, 0.1) is 11.3 Å². The summed E-state index contributed by atoms with van der Waals surface area (Å²) in [6.45, 7) is 18.2. The molecule has 1 aromatic rings. The molecule has 3 unspecified atom stereocenters. The fourth-order valence-corrected chi connectivity index (χ4v) is 6.46. The molecule has 0 aliphatic heterocycles. The topological polar surface area (TPSA) is 27.7 Å². The van der Waals surface area contributed by atoms with Crippen LogP contribution < -0.4 is 0 Å². The Kier molecular flexibility index (Phi) is 21.4. The number of unbranched alkanes of at least 4 members (excludes halogenated alkanes) is 13. The van der Waals surface area contributed by atoms with E-state index in [1.165, 1.54) is 89.0 Å². The van der Waals surface area contributed by atoms with Crippen molar-refractivity contribution in [1.82, 2.24) is 0 Å². The van der Waals surface area contributed by atoms with E-state index in [2.05, 4.69) is 78.8 Å². The smallest absolute Gasteiger partial charge is 0.165 e. The van der Waals surface area contributed by atoms with Crippen molar-refractivity contribution in [2.45, 2.75) is 163 Å². The van der Waals surface area contributed by atoms with Gasteiger partial charge in [-0.2, -0.15) is 0 Å². The zero-order valence-electron chi connectivity index (χ0n) is 27.1. The summed E-state index contributed by atoms with van der Waals surface area (Å²) >= 11 is 0. The van der Waals surface area contributed by atoms with Crippen molar-refractivity contribution in [2.24, 2.45) is 11.3 Å². The lowest BCUT2D eigenvalue weighted by Gasteiger charge is -2.34. The molecular weight excluding hydrogens is 496 g/mol. The van der Waals surface area contributed by atoms with Gasteiger partial charge in [-0.15, -0.1) is 0 Å². The first-order valence-electron chi connectivity index (χ1n) is 16.6. The third-order valence-electron chi connectivity index (χ3n) is 8.27. The molecule has 3 atom stereocenters. The number of ether oxygens (including phenoxy) is 2. The molecule has 0 fully saturated rings. The first kappa shape index (κ1) is 36.3. The number of hydrogen-bond donors (Lipinski definition) is 0. The summed E-state index contributed by atoms with van der Waals surface area (Å²) in [6, 6.07) is 10.5. The van der Waals surface area contributed by atoms with Gasteiger partial charge >= 0.3 is 0 Å². The highest BCUT2D eigenvalue weighted by Crippen LogP contribution is 2.31. The van der Waals surface area contributed by atoms with Crippen molar-refractivity contribution in [1.29, 1.82) is 0 Å². The summed E-state index contributed by atoms with van der Waals surface area (Å²) in [5.74, 6) is 0.398. The van der Waals surface area contributed by atoms with E-state index in [0.717, 1.165) is 13.0 Å². The van der Waals surface area contributed by atoms with Gasteiger partial charge in [-0.3, -0.25) is 0 Å². The molecule has 0 aliphatic rings. The first-order valence-corrected chi connectivity index (χ1v) is 18.0. The van der Waals surface area contributed by atoms with Crippen LogP contribution >= 0.6 is 0 Å². The lowest BCUT2D eigenvalue weighted by atomic mass is 9.93.